The predicted octanol–water partition coefficient (Wildman–Crippen LogP) is 3.97. The summed E-state index contributed by atoms with van der Waals surface area (Å²) in [6.07, 6.45) is 7.89. The fourth-order valence-corrected chi connectivity index (χ4v) is 3.12. The van der Waals surface area contributed by atoms with E-state index in [1.54, 1.807) is 0 Å². The number of rotatable bonds is 4. The quantitative estimate of drug-likeness (QED) is 0.906. The van der Waals surface area contributed by atoms with Gasteiger partial charge >= 0.3 is 0 Å². The van der Waals surface area contributed by atoms with Crippen molar-refractivity contribution in [2.24, 2.45) is 0 Å². The van der Waals surface area contributed by atoms with Crippen LogP contribution in [0.4, 0.5) is 0 Å². The van der Waals surface area contributed by atoms with E-state index in [0.29, 0.717) is 0 Å². The molecule has 1 atom stereocenters. The first-order valence-corrected chi connectivity index (χ1v) is 7.48. The molecule has 0 aliphatic heterocycles. The molecule has 1 aromatic heterocycles. The second-order valence-electron chi connectivity index (χ2n) is 5.71. The maximum absolute atomic E-state index is 4.31. The van der Waals surface area contributed by atoms with Gasteiger partial charge in [0.05, 0.1) is 6.04 Å². The minimum Gasteiger partial charge on any atom is -0.309 e. The van der Waals surface area contributed by atoms with Gasteiger partial charge in [0.15, 0.2) is 0 Å². The second kappa shape index (κ2) is 5.76. The largest absolute Gasteiger partial charge is 0.309 e. The molecule has 2 aromatic rings. The highest BCUT2D eigenvalue weighted by atomic mass is 14.9. The van der Waals surface area contributed by atoms with Crippen molar-refractivity contribution in [1.29, 1.82) is 0 Å². The van der Waals surface area contributed by atoms with E-state index in [1.165, 1.54) is 41.5 Å². The molecule has 20 heavy (non-hydrogen) atoms. The lowest BCUT2D eigenvalue weighted by atomic mass is 9.76. The fraction of sp³-hybridized carbons (Fsp3) is 0.389. The van der Waals surface area contributed by atoms with Crippen LogP contribution in [0.1, 0.15) is 53.5 Å². The summed E-state index contributed by atoms with van der Waals surface area (Å²) >= 11 is 0. The summed E-state index contributed by atoms with van der Waals surface area (Å²) in [5.74, 6) is 0.749. The molecule has 0 saturated heterocycles. The molecule has 1 unspecified atom stereocenters. The van der Waals surface area contributed by atoms with Gasteiger partial charge in [-0.15, -0.1) is 0 Å². The van der Waals surface area contributed by atoms with E-state index < -0.39 is 0 Å². The Morgan fingerprint density at radius 3 is 2.60 bits per heavy atom. The van der Waals surface area contributed by atoms with Crippen LogP contribution in [0, 0.1) is 6.92 Å². The van der Waals surface area contributed by atoms with Gasteiger partial charge in [-0.3, -0.25) is 4.98 Å². The predicted molar refractivity (Wildman–Crippen MR) is 82.9 cm³/mol. The van der Waals surface area contributed by atoms with E-state index in [2.05, 4.69) is 47.6 Å². The number of pyridine rings is 1. The number of aryl methyl sites for hydroxylation is 1. The van der Waals surface area contributed by atoms with Crippen molar-refractivity contribution in [3.63, 3.8) is 0 Å². The Morgan fingerprint density at radius 2 is 1.95 bits per heavy atom. The van der Waals surface area contributed by atoms with Crippen LogP contribution in [0.25, 0.3) is 0 Å². The van der Waals surface area contributed by atoms with Crippen molar-refractivity contribution in [3.05, 3.63) is 65.0 Å². The van der Waals surface area contributed by atoms with Gasteiger partial charge in [0.25, 0.3) is 0 Å². The highest BCUT2D eigenvalue weighted by Gasteiger charge is 2.25. The lowest BCUT2D eigenvalue weighted by molar-refractivity contribution is 0.415. The first-order valence-electron chi connectivity index (χ1n) is 7.48. The van der Waals surface area contributed by atoms with Crippen molar-refractivity contribution in [2.45, 2.75) is 38.1 Å². The summed E-state index contributed by atoms with van der Waals surface area (Å²) in [7, 11) is 2.04. The van der Waals surface area contributed by atoms with E-state index in [0.717, 1.165) is 5.92 Å². The van der Waals surface area contributed by atoms with Crippen LogP contribution < -0.4 is 5.32 Å². The molecule has 1 N–H and O–H groups in total. The monoisotopic (exact) mass is 266 g/mol. The summed E-state index contributed by atoms with van der Waals surface area (Å²) in [4.78, 5) is 4.31. The van der Waals surface area contributed by atoms with E-state index in [-0.39, 0.29) is 6.04 Å². The maximum Gasteiger partial charge on any atom is 0.0594 e. The van der Waals surface area contributed by atoms with E-state index >= 15 is 0 Å². The zero-order chi connectivity index (χ0) is 13.9. The highest BCUT2D eigenvalue weighted by molar-refractivity contribution is 5.41. The molecule has 1 heterocycles. The summed E-state index contributed by atoms with van der Waals surface area (Å²) in [6.45, 7) is 2.16. The van der Waals surface area contributed by atoms with Crippen LogP contribution in [0.2, 0.25) is 0 Å². The molecular weight excluding hydrogens is 244 g/mol. The van der Waals surface area contributed by atoms with Crippen LogP contribution >= 0.6 is 0 Å². The van der Waals surface area contributed by atoms with Gasteiger partial charge in [-0.1, -0.05) is 30.7 Å². The van der Waals surface area contributed by atoms with Gasteiger partial charge in [-0.05, 0) is 61.1 Å². The van der Waals surface area contributed by atoms with Crippen LogP contribution in [-0.4, -0.2) is 12.0 Å². The Balaban J connectivity index is 2.03. The van der Waals surface area contributed by atoms with Gasteiger partial charge in [0.1, 0.15) is 0 Å². The molecule has 1 aliphatic carbocycles. The van der Waals surface area contributed by atoms with Crippen LogP contribution in [0.3, 0.4) is 0 Å². The molecule has 1 aliphatic rings. The van der Waals surface area contributed by atoms with Crippen molar-refractivity contribution in [2.75, 3.05) is 7.05 Å². The fourth-order valence-electron chi connectivity index (χ4n) is 3.12. The van der Waals surface area contributed by atoms with Gasteiger partial charge in [-0.2, -0.15) is 0 Å². The smallest absolute Gasteiger partial charge is 0.0594 e. The van der Waals surface area contributed by atoms with Gasteiger partial charge in [0.2, 0.25) is 0 Å². The molecule has 1 fully saturated rings. The Bertz CT molecular complexity index is 587. The first kappa shape index (κ1) is 13.3. The van der Waals surface area contributed by atoms with Crippen LogP contribution in [0.5, 0.6) is 0 Å². The number of nitrogens with zero attached hydrogens (tertiary/aromatic N) is 1. The molecule has 0 spiro atoms. The number of benzene rings is 1. The van der Waals surface area contributed by atoms with Crippen LogP contribution in [-0.2, 0) is 0 Å². The average Bonchev–Trinajstić information content (AvgIpc) is 2.41. The maximum atomic E-state index is 4.31. The number of aromatic nitrogens is 1. The minimum atomic E-state index is 0.237. The summed E-state index contributed by atoms with van der Waals surface area (Å²) < 4.78 is 0. The van der Waals surface area contributed by atoms with Crippen LogP contribution in [0.15, 0.2) is 42.7 Å². The zero-order valence-corrected chi connectivity index (χ0v) is 12.3. The van der Waals surface area contributed by atoms with E-state index in [9.17, 15) is 0 Å². The zero-order valence-electron chi connectivity index (χ0n) is 12.3. The molecule has 2 heteroatoms. The number of nitrogens with one attached hydrogen (secondary N) is 1. The second-order valence-corrected chi connectivity index (χ2v) is 5.71. The van der Waals surface area contributed by atoms with Crippen molar-refractivity contribution in [3.8, 4) is 0 Å². The van der Waals surface area contributed by atoms with Gasteiger partial charge < -0.3 is 5.32 Å². The topological polar surface area (TPSA) is 24.9 Å². The lowest BCUT2D eigenvalue weighted by Gasteiger charge is -2.31. The molecule has 3 rings (SSSR count). The number of hydrogen-bond donors (Lipinski definition) is 1. The Hall–Kier alpha value is -1.67. The summed E-state index contributed by atoms with van der Waals surface area (Å²) in [6, 6.07) is 11.2. The lowest BCUT2D eigenvalue weighted by Crippen LogP contribution is -2.22. The van der Waals surface area contributed by atoms with Crippen molar-refractivity contribution >= 4 is 0 Å². The standard InChI is InChI=1S/C18H22N2/c1-13-10-11-20-12-17(13)18(19-2)16-9-4-3-8-15(16)14-6-5-7-14/h3-4,8-12,14,18-19H,5-7H2,1-2H3. The van der Waals surface area contributed by atoms with E-state index in [1.807, 2.05) is 19.4 Å². The summed E-state index contributed by atoms with van der Waals surface area (Å²) in [5, 5.41) is 3.48. The normalized spacial score (nSPS) is 16.7. The summed E-state index contributed by atoms with van der Waals surface area (Å²) in [5.41, 5.74) is 5.50. The third kappa shape index (κ3) is 2.36. The third-order valence-corrected chi connectivity index (χ3v) is 4.53. The molecule has 104 valence electrons. The minimum absolute atomic E-state index is 0.237. The molecule has 2 nitrogen and oxygen atoms in total. The molecule has 1 saturated carbocycles. The highest BCUT2D eigenvalue weighted by Crippen LogP contribution is 2.40. The molecule has 0 radical (unpaired) electrons. The molecule has 0 amide bonds. The number of hydrogen-bond acceptors (Lipinski definition) is 2. The van der Waals surface area contributed by atoms with E-state index in [4.69, 9.17) is 0 Å². The Kier molecular flexibility index (Phi) is 3.83. The Labute approximate surface area is 121 Å². The Morgan fingerprint density at radius 1 is 1.15 bits per heavy atom. The van der Waals surface area contributed by atoms with Crippen molar-refractivity contribution < 1.29 is 0 Å². The SMILES string of the molecule is CNC(c1cnccc1C)c1ccccc1C1CCC1. The van der Waals surface area contributed by atoms with Crippen molar-refractivity contribution in [1.82, 2.24) is 10.3 Å². The molecule has 0 bridgehead atoms. The van der Waals surface area contributed by atoms with Gasteiger partial charge in [-0.25, -0.2) is 0 Å². The first-order chi connectivity index (χ1) is 9.81. The van der Waals surface area contributed by atoms with Gasteiger partial charge in [0, 0.05) is 12.4 Å². The molecule has 1 aromatic carbocycles. The molecular formula is C18H22N2. The third-order valence-electron chi connectivity index (χ3n) is 4.53. The average molecular weight is 266 g/mol.